The first-order valence-corrected chi connectivity index (χ1v) is 15.6. The molecule has 0 amide bonds. The Bertz CT molecular complexity index is 2200. The van der Waals surface area contributed by atoms with E-state index in [1.807, 2.05) is 61.5 Å². The minimum Gasteiger partial charge on any atom is -0.455 e. The van der Waals surface area contributed by atoms with Gasteiger partial charge < -0.3 is 4.42 Å². The second-order valence-electron chi connectivity index (χ2n) is 10.5. The largest absolute Gasteiger partial charge is 0.455 e. The number of benzene rings is 4. The van der Waals surface area contributed by atoms with Gasteiger partial charge in [0.2, 0.25) is 10.0 Å². The van der Waals surface area contributed by atoms with Crippen molar-refractivity contribution in [3.05, 3.63) is 113 Å². The molecule has 6 rings (SSSR count). The third-order valence-corrected chi connectivity index (χ3v) is 8.85. The molecular weight excluding hydrogens is 562 g/mol. The molecule has 2 heterocycles. The van der Waals surface area contributed by atoms with Crippen LogP contribution in [0, 0.1) is 6.92 Å². The standard InChI is InChI=1S/C34H29N3O5S/c1-5-30(38)32-27-18-25(23-15-16-28-26(17-23)34(39)37(20-35-28)24-9-7-6-8-10-24)29(36(3)43(4,40)41)19-31(27)42-33(32)22-13-11-21(2)12-14-22/h6-20H,5H2,1-4H3. The van der Waals surface area contributed by atoms with Gasteiger partial charge >= 0.3 is 0 Å². The second-order valence-corrected chi connectivity index (χ2v) is 12.5. The van der Waals surface area contributed by atoms with Crippen LogP contribution in [0.3, 0.4) is 0 Å². The number of nitrogens with zero attached hydrogens (tertiary/aromatic N) is 3. The Hall–Kier alpha value is -5.02. The molecule has 216 valence electrons. The summed E-state index contributed by atoms with van der Waals surface area (Å²) in [6, 6.07) is 25.6. The monoisotopic (exact) mass is 591 g/mol. The maximum atomic E-state index is 13.6. The van der Waals surface area contributed by atoms with Crippen LogP contribution in [0.2, 0.25) is 0 Å². The van der Waals surface area contributed by atoms with E-state index in [0.717, 1.165) is 17.4 Å². The van der Waals surface area contributed by atoms with Crippen molar-refractivity contribution in [2.24, 2.45) is 0 Å². The number of carbonyl (C=O) groups excluding carboxylic acids is 1. The predicted molar refractivity (Wildman–Crippen MR) is 171 cm³/mol. The van der Waals surface area contributed by atoms with E-state index in [9.17, 15) is 18.0 Å². The lowest BCUT2D eigenvalue weighted by Gasteiger charge is -2.21. The normalized spacial score (nSPS) is 11.7. The highest BCUT2D eigenvalue weighted by molar-refractivity contribution is 7.92. The first-order valence-electron chi connectivity index (χ1n) is 13.8. The molecule has 0 spiro atoms. The van der Waals surface area contributed by atoms with Gasteiger partial charge in [0.15, 0.2) is 5.78 Å². The van der Waals surface area contributed by atoms with Crippen molar-refractivity contribution in [2.75, 3.05) is 17.6 Å². The smallest absolute Gasteiger partial charge is 0.265 e. The minimum atomic E-state index is -3.68. The number of hydrogen-bond donors (Lipinski definition) is 0. The van der Waals surface area contributed by atoms with Crippen LogP contribution in [0.15, 0.2) is 100 Å². The summed E-state index contributed by atoms with van der Waals surface area (Å²) >= 11 is 0. The Labute approximate surface area is 248 Å². The molecule has 0 radical (unpaired) electrons. The van der Waals surface area contributed by atoms with E-state index < -0.39 is 10.0 Å². The Morgan fingerprint density at radius 3 is 2.30 bits per heavy atom. The van der Waals surface area contributed by atoms with E-state index in [1.165, 1.54) is 22.2 Å². The summed E-state index contributed by atoms with van der Waals surface area (Å²) < 4.78 is 34.5. The topological polar surface area (TPSA) is 102 Å². The number of rotatable bonds is 7. The molecule has 0 saturated carbocycles. The van der Waals surface area contributed by atoms with Crippen molar-refractivity contribution in [2.45, 2.75) is 20.3 Å². The number of hydrogen-bond acceptors (Lipinski definition) is 6. The molecule has 6 aromatic rings. The summed E-state index contributed by atoms with van der Waals surface area (Å²) in [6.45, 7) is 3.77. The van der Waals surface area contributed by atoms with Crippen LogP contribution < -0.4 is 9.86 Å². The van der Waals surface area contributed by atoms with Gasteiger partial charge in [-0.2, -0.15) is 0 Å². The maximum Gasteiger partial charge on any atom is 0.265 e. The van der Waals surface area contributed by atoms with E-state index in [1.54, 1.807) is 37.3 Å². The van der Waals surface area contributed by atoms with Crippen LogP contribution in [0.4, 0.5) is 5.69 Å². The summed E-state index contributed by atoms with van der Waals surface area (Å²) in [5, 5.41) is 0.936. The molecule has 43 heavy (non-hydrogen) atoms. The van der Waals surface area contributed by atoms with Crippen LogP contribution in [0.25, 0.3) is 50.0 Å². The van der Waals surface area contributed by atoms with Gasteiger partial charge in [0.1, 0.15) is 17.7 Å². The quantitative estimate of drug-likeness (QED) is 0.190. The Morgan fingerprint density at radius 2 is 1.63 bits per heavy atom. The first-order chi connectivity index (χ1) is 20.6. The number of sulfonamides is 1. The summed E-state index contributed by atoms with van der Waals surface area (Å²) in [7, 11) is -2.22. The number of ketones is 1. The lowest BCUT2D eigenvalue weighted by molar-refractivity contribution is 0.0989. The molecule has 0 bridgehead atoms. The van der Waals surface area contributed by atoms with E-state index in [-0.39, 0.29) is 17.8 Å². The number of para-hydroxylation sites is 1. The zero-order chi connectivity index (χ0) is 30.5. The molecule has 8 nitrogen and oxygen atoms in total. The first kappa shape index (κ1) is 28.1. The van der Waals surface area contributed by atoms with Crippen molar-refractivity contribution in [1.82, 2.24) is 9.55 Å². The number of aryl methyl sites for hydroxylation is 1. The van der Waals surface area contributed by atoms with E-state index in [0.29, 0.717) is 55.7 Å². The number of fused-ring (bicyclic) bond motifs is 2. The molecule has 2 aromatic heterocycles. The fraction of sp³-hybridized carbons (Fsp3) is 0.147. The van der Waals surface area contributed by atoms with Crippen LogP contribution in [-0.2, 0) is 10.0 Å². The lowest BCUT2D eigenvalue weighted by atomic mass is 9.95. The molecule has 0 N–H and O–H groups in total. The third kappa shape index (κ3) is 5.02. The fourth-order valence-electron chi connectivity index (χ4n) is 5.23. The fourth-order valence-corrected chi connectivity index (χ4v) is 5.73. The van der Waals surface area contributed by atoms with Gasteiger partial charge in [-0.25, -0.2) is 13.4 Å². The van der Waals surface area contributed by atoms with Crippen molar-refractivity contribution in [1.29, 1.82) is 0 Å². The molecule has 0 aliphatic carbocycles. The van der Waals surface area contributed by atoms with E-state index in [4.69, 9.17) is 4.42 Å². The molecule has 0 aliphatic rings. The summed E-state index contributed by atoms with van der Waals surface area (Å²) in [4.78, 5) is 31.5. The van der Waals surface area contributed by atoms with Crippen LogP contribution >= 0.6 is 0 Å². The highest BCUT2D eigenvalue weighted by Crippen LogP contribution is 2.42. The number of Topliss-reactive ketones (excluding diaryl/α,β-unsaturated/α-hetero) is 1. The third-order valence-electron chi connectivity index (χ3n) is 7.66. The van der Waals surface area contributed by atoms with Gasteiger partial charge in [-0.15, -0.1) is 0 Å². The average molecular weight is 592 g/mol. The predicted octanol–water partition coefficient (Wildman–Crippen LogP) is 6.76. The number of anilines is 1. The molecule has 0 unspecified atom stereocenters. The average Bonchev–Trinajstić information content (AvgIpc) is 3.38. The molecule has 0 fully saturated rings. The zero-order valence-corrected chi connectivity index (χ0v) is 25.0. The second kappa shape index (κ2) is 10.7. The van der Waals surface area contributed by atoms with Crippen molar-refractivity contribution < 1.29 is 17.6 Å². The molecule has 4 aromatic carbocycles. The Balaban J connectivity index is 1.65. The van der Waals surface area contributed by atoms with Crippen LogP contribution in [0.1, 0.15) is 29.3 Å². The van der Waals surface area contributed by atoms with Gasteiger partial charge in [-0.05, 0) is 42.8 Å². The van der Waals surface area contributed by atoms with Gasteiger partial charge in [-0.3, -0.25) is 18.5 Å². The zero-order valence-electron chi connectivity index (χ0n) is 24.2. The number of furan rings is 1. The minimum absolute atomic E-state index is 0.0991. The summed E-state index contributed by atoms with van der Waals surface area (Å²) in [5.74, 6) is 0.332. The number of aromatic nitrogens is 2. The van der Waals surface area contributed by atoms with Crippen molar-refractivity contribution in [3.63, 3.8) is 0 Å². The van der Waals surface area contributed by atoms with Crippen molar-refractivity contribution >= 4 is 43.4 Å². The van der Waals surface area contributed by atoms with Gasteiger partial charge in [0.25, 0.3) is 5.56 Å². The maximum absolute atomic E-state index is 13.6. The highest BCUT2D eigenvalue weighted by atomic mass is 32.2. The molecule has 0 saturated heterocycles. The van der Waals surface area contributed by atoms with Gasteiger partial charge in [0.05, 0.1) is 34.1 Å². The van der Waals surface area contributed by atoms with E-state index >= 15 is 0 Å². The lowest BCUT2D eigenvalue weighted by Crippen LogP contribution is -2.25. The van der Waals surface area contributed by atoms with Crippen LogP contribution in [0.5, 0.6) is 0 Å². The Kier molecular flexibility index (Phi) is 6.98. The molecular formula is C34H29N3O5S. The van der Waals surface area contributed by atoms with Gasteiger partial charge in [0, 0.05) is 36.0 Å². The molecule has 0 aliphatic heterocycles. The highest BCUT2D eigenvalue weighted by Gasteiger charge is 2.26. The van der Waals surface area contributed by atoms with Crippen LogP contribution in [-0.4, -0.2) is 37.1 Å². The number of carbonyl (C=O) groups is 1. The summed E-state index contributed by atoms with van der Waals surface area (Å²) in [6.07, 6.45) is 2.87. The SMILES string of the molecule is CCC(=O)c1c(-c2ccc(C)cc2)oc2cc(N(C)S(C)(=O)=O)c(-c3ccc4ncn(-c5ccccc5)c(=O)c4c3)cc12. The summed E-state index contributed by atoms with van der Waals surface area (Å²) in [5.41, 5.74) is 5.03. The molecule has 9 heteroatoms. The molecule has 0 atom stereocenters. The Morgan fingerprint density at radius 1 is 0.930 bits per heavy atom. The van der Waals surface area contributed by atoms with Gasteiger partial charge in [-0.1, -0.05) is 61.0 Å². The van der Waals surface area contributed by atoms with Crippen molar-refractivity contribution in [3.8, 4) is 28.1 Å². The van der Waals surface area contributed by atoms with E-state index in [2.05, 4.69) is 4.98 Å².